The van der Waals surface area contributed by atoms with E-state index in [9.17, 15) is 0 Å². The lowest BCUT2D eigenvalue weighted by molar-refractivity contribution is 0.397. The van der Waals surface area contributed by atoms with Gasteiger partial charge in [-0.3, -0.25) is 0 Å². The van der Waals surface area contributed by atoms with Crippen LogP contribution in [0.5, 0.6) is 11.5 Å². The summed E-state index contributed by atoms with van der Waals surface area (Å²) in [5.41, 5.74) is 2.10. The first-order chi connectivity index (χ1) is 8.26. The van der Waals surface area contributed by atoms with Crippen LogP contribution in [-0.2, 0) is 0 Å². The Morgan fingerprint density at radius 1 is 0.882 bits per heavy atom. The van der Waals surface area contributed by atoms with Gasteiger partial charge in [-0.1, -0.05) is 18.2 Å². The van der Waals surface area contributed by atoms with Crippen LogP contribution in [0, 0.1) is 3.57 Å². The fourth-order valence-corrected chi connectivity index (χ4v) is 2.32. The van der Waals surface area contributed by atoms with Gasteiger partial charge in [-0.25, -0.2) is 0 Å². The Hall–Kier alpha value is -1.23. The Balaban J connectivity index is 2.64. The molecule has 2 nitrogen and oxygen atoms in total. The highest BCUT2D eigenvalue weighted by Gasteiger charge is 2.11. The lowest BCUT2D eigenvalue weighted by Crippen LogP contribution is -1.93. The van der Waals surface area contributed by atoms with Crippen LogP contribution in [0.15, 0.2) is 42.5 Å². The van der Waals surface area contributed by atoms with Gasteiger partial charge >= 0.3 is 0 Å². The van der Waals surface area contributed by atoms with Gasteiger partial charge in [-0.2, -0.15) is 0 Å². The van der Waals surface area contributed by atoms with Gasteiger partial charge in [0.15, 0.2) is 0 Å². The molecule has 0 aliphatic heterocycles. The zero-order chi connectivity index (χ0) is 12.3. The summed E-state index contributed by atoms with van der Waals surface area (Å²) in [4.78, 5) is 0. The Morgan fingerprint density at radius 2 is 1.47 bits per heavy atom. The Morgan fingerprint density at radius 3 is 2.00 bits per heavy atom. The fourth-order valence-electron chi connectivity index (χ4n) is 1.78. The topological polar surface area (TPSA) is 18.5 Å². The smallest absolute Gasteiger partial charge is 0.130 e. The summed E-state index contributed by atoms with van der Waals surface area (Å²) in [5.74, 6) is 1.65. The second-order valence-electron chi connectivity index (χ2n) is 3.55. The third kappa shape index (κ3) is 2.54. The second-order valence-corrected chi connectivity index (χ2v) is 4.79. The maximum Gasteiger partial charge on any atom is 0.130 e. The largest absolute Gasteiger partial charge is 0.496 e. The molecule has 2 aromatic rings. The molecule has 0 aliphatic rings. The van der Waals surface area contributed by atoms with Gasteiger partial charge in [0.05, 0.1) is 19.8 Å². The Bertz CT molecular complexity index is 501. The van der Waals surface area contributed by atoms with E-state index in [1.807, 2.05) is 24.3 Å². The van der Waals surface area contributed by atoms with E-state index in [1.54, 1.807) is 14.2 Å². The van der Waals surface area contributed by atoms with E-state index in [0.717, 1.165) is 22.6 Å². The molecule has 0 fully saturated rings. The maximum absolute atomic E-state index is 5.40. The van der Waals surface area contributed by atoms with Crippen molar-refractivity contribution in [1.82, 2.24) is 0 Å². The molecule has 0 heterocycles. The van der Waals surface area contributed by atoms with Crippen molar-refractivity contribution < 1.29 is 9.47 Å². The number of hydrogen-bond donors (Lipinski definition) is 0. The first-order valence-corrected chi connectivity index (χ1v) is 6.31. The van der Waals surface area contributed by atoms with Crippen molar-refractivity contribution >= 4 is 22.6 Å². The van der Waals surface area contributed by atoms with Crippen LogP contribution in [0.25, 0.3) is 11.1 Å². The molecular formula is C14H13IO2. The molecule has 0 radical (unpaired) electrons. The zero-order valence-electron chi connectivity index (χ0n) is 9.74. The number of halogens is 1. The lowest BCUT2D eigenvalue weighted by atomic mass is 10.0. The highest BCUT2D eigenvalue weighted by Crippen LogP contribution is 2.38. The predicted octanol–water partition coefficient (Wildman–Crippen LogP) is 3.98. The zero-order valence-corrected chi connectivity index (χ0v) is 11.9. The number of methoxy groups -OCH3 is 2. The predicted molar refractivity (Wildman–Crippen MR) is 77.7 cm³/mol. The quantitative estimate of drug-likeness (QED) is 0.787. The van der Waals surface area contributed by atoms with Crippen molar-refractivity contribution in [2.75, 3.05) is 14.2 Å². The summed E-state index contributed by atoms with van der Waals surface area (Å²) in [6, 6.07) is 14.1. The third-order valence-corrected chi connectivity index (χ3v) is 3.21. The fraction of sp³-hybridized carbons (Fsp3) is 0.143. The minimum absolute atomic E-state index is 0.825. The SMILES string of the molecule is COc1cccc(OC)c1-c1cccc(I)c1. The molecule has 2 aromatic carbocycles. The van der Waals surface area contributed by atoms with Crippen molar-refractivity contribution in [2.45, 2.75) is 0 Å². The van der Waals surface area contributed by atoms with Crippen LogP contribution in [-0.4, -0.2) is 14.2 Å². The van der Waals surface area contributed by atoms with Gasteiger partial charge < -0.3 is 9.47 Å². The molecule has 0 unspecified atom stereocenters. The van der Waals surface area contributed by atoms with E-state index in [-0.39, 0.29) is 0 Å². The number of benzene rings is 2. The summed E-state index contributed by atoms with van der Waals surface area (Å²) >= 11 is 2.30. The summed E-state index contributed by atoms with van der Waals surface area (Å²) in [7, 11) is 3.35. The molecule has 17 heavy (non-hydrogen) atoms. The van der Waals surface area contributed by atoms with Crippen molar-refractivity contribution in [3.63, 3.8) is 0 Å². The monoisotopic (exact) mass is 340 g/mol. The highest BCUT2D eigenvalue weighted by molar-refractivity contribution is 14.1. The van der Waals surface area contributed by atoms with Gasteiger partial charge in [0.2, 0.25) is 0 Å². The van der Waals surface area contributed by atoms with E-state index in [4.69, 9.17) is 9.47 Å². The first kappa shape index (κ1) is 12.2. The molecule has 0 spiro atoms. The van der Waals surface area contributed by atoms with Gasteiger partial charge in [0, 0.05) is 3.57 Å². The molecule has 0 bridgehead atoms. The average Bonchev–Trinajstić information content (AvgIpc) is 2.37. The molecule has 0 aliphatic carbocycles. The van der Waals surface area contributed by atoms with E-state index in [2.05, 4.69) is 40.8 Å². The van der Waals surface area contributed by atoms with E-state index in [1.165, 1.54) is 3.57 Å². The number of ether oxygens (including phenoxy) is 2. The summed E-state index contributed by atoms with van der Waals surface area (Å²) in [6.07, 6.45) is 0. The molecular weight excluding hydrogens is 327 g/mol. The minimum Gasteiger partial charge on any atom is -0.496 e. The molecule has 2 rings (SSSR count). The highest BCUT2D eigenvalue weighted by atomic mass is 127. The molecule has 0 saturated carbocycles. The number of rotatable bonds is 3. The molecule has 88 valence electrons. The lowest BCUT2D eigenvalue weighted by Gasteiger charge is -2.13. The van der Waals surface area contributed by atoms with Crippen LogP contribution in [0.2, 0.25) is 0 Å². The molecule has 3 heteroatoms. The summed E-state index contributed by atoms with van der Waals surface area (Å²) in [6.45, 7) is 0. The van der Waals surface area contributed by atoms with Crippen LogP contribution in [0.1, 0.15) is 0 Å². The molecule has 0 amide bonds. The minimum atomic E-state index is 0.825. The van der Waals surface area contributed by atoms with Gasteiger partial charge in [0.25, 0.3) is 0 Å². The van der Waals surface area contributed by atoms with Crippen LogP contribution in [0.3, 0.4) is 0 Å². The standard InChI is InChI=1S/C14H13IO2/c1-16-12-7-4-8-13(17-2)14(12)10-5-3-6-11(15)9-10/h3-9H,1-2H3. The molecule has 0 N–H and O–H groups in total. The van der Waals surface area contributed by atoms with Gasteiger partial charge in [-0.15, -0.1) is 0 Å². The van der Waals surface area contributed by atoms with Gasteiger partial charge in [-0.05, 0) is 52.4 Å². The van der Waals surface area contributed by atoms with E-state index >= 15 is 0 Å². The van der Waals surface area contributed by atoms with Crippen molar-refractivity contribution in [3.05, 3.63) is 46.0 Å². The molecule has 0 saturated heterocycles. The van der Waals surface area contributed by atoms with Crippen molar-refractivity contribution in [3.8, 4) is 22.6 Å². The Kier molecular flexibility index (Phi) is 3.89. The Labute approximate surface area is 115 Å². The van der Waals surface area contributed by atoms with Crippen molar-refractivity contribution in [1.29, 1.82) is 0 Å². The maximum atomic E-state index is 5.40. The average molecular weight is 340 g/mol. The van der Waals surface area contributed by atoms with E-state index in [0.29, 0.717) is 0 Å². The normalized spacial score (nSPS) is 10.1. The van der Waals surface area contributed by atoms with E-state index < -0.39 is 0 Å². The van der Waals surface area contributed by atoms with Crippen molar-refractivity contribution in [2.24, 2.45) is 0 Å². The molecule has 0 atom stereocenters. The number of hydrogen-bond acceptors (Lipinski definition) is 2. The van der Waals surface area contributed by atoms with Crippen LogP contribution >= 0.6 is 22.6 Å². The summed E-state index contributed by atoms with van der Waals surface area (Å²) < 4.78 is 12.0. The van der Waals surface area contributed by atoms with Crippen LogP contribution < -0.4 is 9.47 Å². The summed E-state index contributed by atoms with van der Waals surface area (Å²) in [5, 5.41) is 0. The first-order valence-electron chi connectivity index (χ1n) is 5.23. The second kappa shape index (κ2) is 5.40. The molecule has 0 aromatic heterocycles. The van der Waals surface area contributed by atoms with Crippen LogP contribution in [0.4, 0.5) is 0 Å². The van der Waals surface area contributed by atoms with Gasteiger partial charge in [0.1, 0.15) is 11.5 Å². The third-order valence-electron chi connectivity index (χ3n) is 2.54.